The van der Waals surface area contributed by atoms with Crippen molar-refractivity contribution in [3.63, 3.8) is 0 Å². The molecule has 0 spiro atoms. The average molecular weight is 421 g/mol. The Morgan fingerprint density at radius 3 is 2.15 bits per heavy atom. The highest BCUT2D eigenvalue weighted by Crippen LogP contribution is 2.08. The van der Waals surface area contributed by atoms with Crippen molar-refractivity contribution < 1.29 is 27.9 Å². The van der Waals surface area contributed by atoms with E-state index in [0.717, 1.165) is 5.56 Å². The predicted octanol–water partition coefficient (Wildman–Crippen LogP) is 2.36. The van der Waals surface area contributed by atoms with Crippen molar-refractivity contribution in [1.29, 1.82) is 0 Å². The Kier molecular flexibility index (Phi) is 10.4. The SMILES string of the molecule is CSCCC(NC(=O)OC(C)(C)C)C(=O)O.Cc1ccc(S(N)(=O)=O)cc1. The van der Waals surface area contributed by atoms with Gasteiger partial charge in [0.15, 0.2) is 0 Å². The quantitative estimate of drug-likeness (QED) is 0.642. The zero-order chi connectivity index (χ0) is 21.3. The molecule has 0 saturated heterocycles. The number of aliphatic carboxylic acids is 1. The molecule has 0 saturated carbocycles. The Hall–Kier alpha value is -1.78. The number of carbonyl (C=O) groups excluding carboxylic acids is 1. The molecule has 0 aliphatic rings. The van der Waals surface area contributed by atoms with E-state index in [4.69, 9.17) is 15.0 Å². The number of carbonyl (C=O) groups is 2. The van der Waals surface area contributed by atoms with Gasteiger partial charge in [0.25, 0.3) is 0 Å². The third-order valence-electron chi connectivity index (χ3n) is 2.95. The van der Waals surface area contributed by atoms with Gasteiger partial charge in [-0.3, -0.25) is 0 Å². The Balaban J connectivity index is 0.000000533. The van der Waals surface area contributed by atoms with E-state index < -0.39 is 33.7 Å². The molecule has 1 rings (SSSR count). The minimum atomic E-state index is -3.52. The second kappa shape index (κ2) is 11.2. The van der Waals surface area contributed by atoms with E-state index >= 15 is 0 Å². The number of hydrogen-bond acceptors (Lipinski definition) is 6. The number of benzene rings is 1. The number of hydrogen-bond donors (Lipinski definition) is 3. The van der Waals surface area contributed by atoms with Gasteiger partial charge >= 0.3 is 12.1 Å². The fourth-order valence-electron chi connectivity index (χ4n) is 1.67. The maximum atomic E-state index is 11.3. The van der Waals surface area contributed by atoms with Crippen LogP contribution in [0.15, 0.2) is 29.2 Å². The van der Waals surface area contributed by atoms with Crippen LogP contribution in [0, 0.1) is 6.92 Å². The summed E-state index contributed by atoms with van der Waals surface area (Å²) >= 11 is 1.53. The van der Waals surface area contributed by atoms with Gasteiger partial charge in [0, 0.05) is 0 Å². The monoisotopic (exact) mass is 420 g/mol. The number of nitrogens with one attached hydrogen (secondary N) is 1. The van der Waals surface area contributed by atoms with Gasteiger partial charge in [0.05, 0.1) is 4.90 Å². The Morgan fingerprint density at radius 1 is 1.26 bits per heavy atom. The van der Waals surface area contributed by atoms with Gasteiger partial charge in [-0.15, -0.1) is 0 Å². The first-order chi connectivity index (χ1) is 12.3. The molecule has 1 atom stereocenters. The number of rotatable bonds is 6. The smallest absolute Gasteiger partial charge is 0.408 e. The number of amides is 1. The van der Waals surface area contributed by atoms with Gasteiger partial charge in [-0.05, 0) is 58.3 Å². The molecule has 27 heavy (non-hydrogen) atoms. The molecule has 0 aliphatic heterocycles. The summed E-state index contributed by atoms with van der Waals surface area (Å²) in [4.78, 5) is 22.3. The van der Waals surface area contributed by atoms with Crippen LogP contribution >= 0.6 is 11.8 Å². The van der Waals surface area contributed by atoms with E-state index in [9.17, 15) is 18.0 Å². The van der Waals surface area contributed by atoms with Crippen LogP contribution in [0.1, 0.15) is 32.8 Å². The largest absolute Gasteiger partial charge is 0.480 e. The Labute approximate surface area is 164 Å². The second-order valence-corrected chi connectivity index (χ2v) is 9.22. The molecule has 4 N–H and O–H groups in total. The van der Waals surface area contributed by atoms with Crippen LogP contribution < -0.4 is 10.5 Å². The lowest BCUT2D eigenvalue weighted by Gasteiger charge is -2.21. The summed E-state index contributed by atoms with van der Waals surface area (Å²) in [5.74, 6) is -0.368. The van der Waals surface area contributed by atoms with E-state index in [2.05, 4.69) is 5.32 Å². The average Bonchev–Trinajstić information content (AvgIpc) is 2.49. The summed E-state index contributed by atoms with van der Waals surface area (Å²) < 4.78 is 26.4. The van der Waals surface area contributed by atoms with Crippen molar-refractivity contribution in [3.8, 4) is 0 Å². The summed E-state index contributed by atoms with van der Waals surface area (Å²) in [7, 11) is -3.52. The fraction of sp³-hybridized carbons (Fsp3) is 0.529. The molecular weight excluding hydrogens is 392 g/mol. The summed E-state index contributed by atoms with van der Waals surface area (Å²) in [6.45, 7) is 7.06. The van der Waals surface area contributed by atoms with Crippen molar-refractivity contribution in [2.75, 3.05) is 12.0 Å². The number of aryl methyl sites for hydroxylation is 1. The number of thioether (sulfide) groups is 1. The lowest BCUT2D eigenvalue weighted by molar-refractivity contribution is -0.139. The minimum Gasteiger partial charge on any atom is -0.480 e. The van der Waals surface area contributed by atoms with Gasteiger partial charge in [-0.25, -0.2) is 23.1 Å². The molecule has 0 heterocycles. The van der Waals surface area contributed by atoms with Gasteiger partial charge in [0.1, 0.15) is 11.6 Å². The molecule has 1 amide bonds. The van der Waals surface area contributed by atoms with Gasteiger partial charge < -0.3 is 15.2 Å². The van der Waals surface area contributed by atoms with Crippen LogP contribution in [0.3, 0.4) is 0 Å². The lowest BCUT2D eigenvalue weighted by Crippen LogP contribution is -2.43. The summed E-state index contributed by atoms with van der Waals surface area (Å²) in [5, 5.41) is 16.1. The van der Waals surface area contributed by atoms with Crippen LogP contribution in [0.25, 0.3) is 0 Å². The molecule has 154 valence electrons. The molecule has 1 unspecified atom stereocenters. The number of alkyl carbamates (subject to hydrolysis) is 1. The normalized spacial score (nSPS) is 12.4. The highest BCUT2D eigenvalue weighted by molar-refractivity contribution is 7.98. The van der Waals surface area contributed by atoms with E-state index in [-0.39, 0.29) is 4.90 Å². The Morgan fingerprint density at radius 2 is 1.78 bits per heavy atom. The highest BCUT2D eigenvalue weighted by Gasteiger charge is 2.23. The van der Waals surface area contributed by atoms with E-state index in [1.54, 1.807) is 32.9 Å². The standard InChI is InChI=1S/C10H19NO4S.C7H9NO2S/c1-10(2,3)15-9(14)11-7(8(12)13)5-6-16-4;1-6-2-4-7(5-3-6)11(8,9)10/h7H,5-6H2,1-4H3,(H,11,14)(H,12,13);2-5H,1H3,(H2,8,9,10). The van der Waals surface area contributed by atoms with Crippen LogP contribution in [-0.2, 0) is 19.6 Å². The maximum Gasteiger partial charge on any atom is 0.408 e. The zero-order valence-corrected chi connectivity index (χ0v) is 17.8. The molecule has 0 aromatic heterocycles. The van der Waals surface area contributed by atoms with E-state index in [1.807, 2.05) is 13.2 Å². The maximum absolute atomic E-state index is 11.3. The highest BCUT2D eigenvalue weighted by atomic mass is 32.2. The first-order valence-corrected chi connectivity index (χ1v) is 11.0. The van der Waals surface area contributed by atoms with Crippen LogP contribution in [0.4, 0.5) is 4.79 Å². The first-order valence-electron chi connectivity index (χ1n) is 8.07. The third kappa shape index (κ3) is 12.3. The topological polar surface area (TPSA) is 136 Å². The summed E-state index contributed by atoms with van der Waals surface area (Å²) in [5.41, 5.74) is 0.393. The lowest BCUT2D eigenvalue weighted by atomic mass is 10.2. The number of carboxylic acids is 1. The van der Waals surface area contributed by atoms with Gasteiger partial charge in [0.2, 0.25) is 10.0 Å². The number of sulfonamides is 1. The molecule has 10 heteroatoms. The fourth-order valence-corrected chi connectivity index (χ4v) is 2.66. The number of carboxylic acid groups (broad SMARTS) is 1. The third-order valence-corrected chi connectivity index (χ3v) is 4.52. The molecule has 0 fully saturated rings. The molecule has 8 nitrogen and oxygen atoms in total. The molecule has 0 bridgehead atoms. The molecule has 0 aliphatic carbocycles. The van der Waals surface area contributed by atoms with Crippen molar-refractivity contribution in [2.24, 2.45) is 5.14 Å². The minimum absolute atomic E-state index is 0.156. The van der Waals surface area contributed by atoms with Crippen molar-refractivity contribution in [2.45, 2.75) is 50.7 Å². The van der Waals surface area contributed by atoms with Crippen LogP contribution in [0.5, 0.6) is 0 Å². The van der Waals surface area contributed by atoms with Gasteiger partial charge in [-0.2, -0.15) is 11.8 Å². The van der Waals surface area contributed by atoms with E-state index in [0.29, 0.717) is 12.2 Å². The molecular formula is C17H28N2O6S2. The van der Waals surface area contributed by atoms with Crippen molar-refractivity contribution in [1.82, 2.24) is 5.32 Å². The summed E-state index contributed by atoms with van der Waals surface area (Å²) in [6, 6.07) is 5.51. The van der Waals surface area contributed by atoms with Crippen molar-refractivity contribution >= 4 is 33.8 Å². The van der Waals surface area contributed by atoms with Crippen molar-refractivity contribution in [3.05, 3.63) is 29.8 Å². The number of primary sulfonamides is 1. The van der Waals surface area contributed by atoms with E-state index in [1.165, 1.54) is 23.9 Å². The summed E-state index contributed by atoms with van der Waals surface area (Å²) in [6.07, 6.45) is 1.57. The number of ether oxygens (including phenoxy) is 1. The van der Waals surface area contributed by atoms with Gasteiger partial charge in [-0.1, -0.05) is 17.7 Å². The molecule has 0 radical (unpaired) electrons. The second-order valence-electron chi connectivity index (χ2n) is 6.68. The molecule has 1 aromatic carbocycles. The van der Waals surface area contributed by atoms with Crippen LogP contribution in [0.2, 0.25) is 0 Å². The molecule has 1 aromatic rings. The van der Waals surface area contributed by atoms with Crippen LogP contribution in [-0.4, -0.2) is 49.2 Å². The number of nitrogens with two attached hydrogens (primary N) is 1. The first kappa shape index (κ1) is 25.2. The zero-order valence-electron chi connectivity index (χ0n) is 16.2. The predicted molar refractivity (Wildman–Crippen MR) is 106 cm³/mol. The Bertz CT molecular complexity index is 712.